The van der Waals surface area contributed by atoms with Gasteiger partial charge in [-0.3, -0.25) is 14.4 Å². The third-order valence-corrected chi connectivity index (χ3v) is 4.73. The predicted molar refractivity (Wildman–Crippen MR) is 129 cm³/mol. The highest BCUT2D eigenvalue weighted by molar-refractivity contribution is 5.90. The monoisotopic (exact) mass is 485 g/mol. The smallest absolute Gasteiger partial charge is 0.306 e. The van der Waals surface area contributed by atoms with Crippen LogP contribution in [0.5, 0.6) is 0 Å². The highest BCUT2D eigenvalue weighted by Crippen LogP contribution is 2.20. The number of ether oxygens (including phenoxy) is 2. The van der Waals surface area contributed by atoms with Crippen LogP contribution in [0.4, 0.5) is 0 Å². The van der Waals surface area contributed by atoms with Crippen molar-refractivity contribution in [3.05, 3.63) is 24.8 Å². The van der Waals surface area contributed by atoms with Crippen molar-refractivity contribution in [1.29, 1.82) is 0 Å². The van der Waals surface area contributed by atoms with Crippen molar-refractivity contribution in [2.45, 2.75) is 90.8 Å². The van der Waals surface area contributed by atoms with E-state index in [9.17, 15) is 29.7 Å². The van der Waals surface area contributed by atoms with Gasteiger partial charge in [0.05, 0.1) is 0 Å². The Kier molecular flexibility index (Phi) is 13.5. The first kappa shape index (κ1) is 31.9. The number of hydrogen-bond acceptors (Lipinski definition) is 8. The van der Waals surface area contributed by atoms with E-state index in [1.165, 1.54) is 19.3 Å². The molecule has 0 aromatic rings. The van der Waals surface area contributed by atoms with Crippen molar-refractivity contribution in [3.8, 4) is 0 Å². The van der Waals surface area contributed by atoms with Gasteiger partial charge in [-0.2, -0.15) is 0 Å². The minimum absolute atomic E-state index is 0.0374. The molecule has 0 saturated heterocycles. The van der Waals surface area contributed by atoms with Gasteiger partial charge in [-0.05, 0) is 32.6 Å². The molecule has 0 aliphatic carbocycles. The predicted octanol–water partition coefficient (Wildman–Crippen LogP) is 1.69. The van der Waals surface area contributed by atoms with Crippen LogP contribution in [0.3, 0.4) is 0 Å². The number of aliphatic hydroxyl groups excluding tert-OH is 3. The van der Waals surface area contributed by atoms with Crippen molar-refractivity contribution in [2.24, 2.45) is 11.3 Å². The number of ketones is 1. The molecule has 0 aliphatic rings. The van der Waals surface area contributed by atoms with Crippen LogP contribution in [-0.2, 0) is 23.9 Å². The second-order valence-electron chi connectivity index (χ2n) is 10.4. The van der Waals surface area contributed by atoms with Crippen molar-refractivity contribution in [3.63, 3.8) is 0 Å². The van der Waals surface area contributed by atoms with Crippen molar-refractivity contribution >= 4 is 17.7 Å². The molecule has 0 bridgehead atoms. The van der Waals surface area contributed by atoms with Crippen molar-refractivity contribution < 1.29 is 39.2 Å². The lowest BCUT2D eigenvalue weighted by molar-refractivity contribution is -0.156. The van der Waals surface area contributed by atoms with Crippen LogP contribution < -0.4 is 5.32 Å². The van der Waals surface area contributed by atoms with Gasteiger partial charge in [0.25, 0.3) is 0 Å². The Morgan fingerprint density at radius 2 is 1.62 bits per heavy atom. The molecular formula is C25H43NO8. The van der Waals surface area contributed by atoms with E-state index in [-0.39, 0.29) is 31.2 Å². The molecule has 9 nitrogen and oxygen atoms in total. The molecule has 0 aromatic heterocycles. The number of methoxy groups -OCH3 is 1. The molecule has 0 spiro atoms. The molecule has 0 fully saturated rings. The van der Waals surface area contributed by atoms with E-state index in [1.807, 2.05) is 20.8 Å². The summed E-state index contributed by atoms with van der Waals surface area (Å²) in [5, 5.41) is 33.6. The number of carbonyl (C=O) groups excluding carboxylic acids is 3. The van der Waals surface area contributed by atoms with E-state index in [1.54, 1.807) is 26.8 Å². The molecule has 0 aliphatic heterocycles. The zero-order valence-electron chi connectivity index (χ0n) is 21.5. The van der Waals surface area contributed by atoms with E-state index >= 15 is 0 Å². The van der Waals surface area contributed by atoms with Crippen LogP contribution in [-0.4, -0.2) is 76.7 Å². The van der Waals surface area contributed by atoms with Gasteiger partial charge in [-0.25, -0.2) is 0 Å². The maximum absolute atomic E-state index is 12.9. The van der Waals surface area contributed by atoms with Gasteiger partial charge in [0, 0.05) is 32.4 Å². The van der Waals surface area contributed by atoms with E-state index in [0.29, 0.717) is 0 Å². The fourth-order valence-electron chi connectivity index (χ4n) is 3.03. The molecule has 0 saturated carbocycles. The van der Waals surface area contributed by atoms with Gasteiger partial charge >= 0.3 is 5.97 Å². The normalized spacial score (nSPS) is 16.9. The van der Waals surface area contributed by atoms with Crippen molar-refractivity contribution in [1.82, 2.24) is 5.32 Å². The number of aliphatic hydroxyl groups is 3. The van der Waals surface area contributed by atoms with Crippen LogP contribution in [0.2, 0.25) is 0 Å². The van der Waals surface area contributed by atoms with Crippen LogP contribution >= 0.6 is 0 Å². The fourth-order valence-corrected chi connectivity index (χ4v) is 3.03. The lowest BCUT2D eigenvalue weighted by atomic mass is 9.90. The summed E-state index contributed by atoms with van der Waals surface area (Å²) in [6, 6.07) is 0. The summed E-state index contributed by atoms with van der Waals surface area (Å²) in [6.45, 7) is 14.6. The lowest BCUT2D eigenvalue weighted by Gasteiger charge is -2.28. The number of carbonyl (C=O) groups is 3. The molecule has 0 unspecified atom stereocenters. The minimum atomic E-state index is -1.74. The second kappa shape index (κ2) is 14.4. The molecular weight excluding hydrogens is 442 g/mol. The molecule has 0 radical (unpaired) electrons. The first-order valence-corrected chi connectivity index (χ1v) is 11.4. The van der Waals surface area contributed by atoms with Gasteiger partial charge < -0.3 is 30.1 Å². The SMILES string of the molecule is C=CCNC(=O)[C@H](CCC(=O)OC(C)(C)C)CC(=O)[C@H](OC)[C@H](O)[C@@H](O)[C@H](O)/C=C/C(C)(C)C. The third kappa shape index (κ3) is 13.0. The van der Waals surface area contributed by atoms with Gasteiger partial charge in [0.2, 0.25) is 5.91 Å². The highest BCUT2D eigenvalue weighted by atomic mass is 16.6. The minimum Gasteiger partial charge on any atom is -0.460 e. The zero-order valence-corrected chi connectivity index (χ0v) is 21.5. The second-order valence-corrected chi connectivity index (χ2v) is 10.4. The number of amides is 1. The van der Waals surface area contributed by atoms with E-state index in [4.69, 9.17) is 9.47 Å². The number of hydrogen-bond donors (Lipinski definition) is 4. The summed E-state index contributed by atoms with van der Waals surface area (Å²) in [6.07, 6.45) is -2.24. The average Bonchev–Trinajstić information content (AvgIpc) is 2.71. The number of Topliss-reactive ketones (excluding diaryl/α,β-unsaturated/α-hetero) is 1. The summed E-state index contributed by atoms with van der Waals surface area (Å²) >= 11 is 0. The first-order chi connectivity index (χ1) is 15.5. The maximum atomic E-state index is 12.9. The summed E-state index contributed by atoms with van der Waals surface area (Å²) in [4.78, 5) is 37.6. The molecule has 1 amide bonds. The molecule has 5 atom stereocenters. The van der Waals surface area contributed by atoms with Crippen molar-refractivity contribution in [2.75, 3.05) is 13.7 Å². The Labute approximate surface area is 203 Å². The standard InChI is InChI=1S/C25H43NO8/c1-9-14-26-23(32)16(10-11-19(29)34-25(5,6)7)15-18(28)22(33-8)21(31)20(30)17(27)12-13-24(2,3)4/h9,12-13,16-17,20-22,27,30-31H,1,10-11,14-15H2,2-8H3,(H,26,32)/b13-12+/t16-,17-,20+,21-,22+/m1/s1. The van der Waals surface area contributed by atoms with Crippen LogP contribution in [0, 0.1) is 11.3 Å². The molecule has 0 heterocycles. The number of nitrogens with one attached hydrogen (secondary N) is 1. The van der Waals surface area contributed by atoms with E-state index in [2.05, 4.69) is 11.9 Å². The largest absolute Gasteiger partial charge is 0.460 e. The van der Waals surface area contributed by atoms with Crippen LogP contribution in [0.15, 0.2) is 24.8 Å². The fraction of sp³-hybridized carbons (Fsp3) is 0.720. The first-order valence-electron chi connectivity index (χ1n) is 11.4. The number of rotatable bonds is 14. The maximum Gasteiger partial charge on any atom is 0.306 e. The average molecular weight is 486 g/mol. The van der Waals surface area contributed by atoms with E-state index in [0.717, 1.165) is 0 Å². The molecule has 9 heteroatoms. The van der Waals surface area contributed by atoms with Gasteiger partial charge in [0.1, 0.15) is 30.0 Å². The van der Waals surface area contributed by atoms with Gasteiger partial charge in [0.15, 0.2) is 5.78 Å². The topological polar surface area (TPSA) is 142 Å². The van der Waals surface area contributed by atoms with Crippen LogP contribution in [0.1, 0.15) is 60.8 Å². The summed E-state index contributed by atoms with van der Waals surface area (Å²) in [7, 11) is 1.18. The van der Waals surface area contributed by atoms with E-state index < -0.39 is 53.6 Å². The van der Waals surface area contributed by atoms with Gasteiger partial charge in [-0.1, -0.05) is 39.0 Å². The zero-order chi connectivity index (χ0) is 26.7. The quantitative estimate of drug-likeness (QED) is 0.215. The Morgan fingerprint density at radius 3 is 2.09 bits per heavy atom. The Hall–Kier alpha value is -2.07. The Bertz CT molecular complexity index is 705. The summed E-state index contributed by atoms with van der Waals surface area (Å²) < 4.78 is 10.4. The Balaban J connectivity index is 5.40. The summed E-state index contributed by atoms with van der Waals surface area (Å²) in [5.41, 5.74) is -0.945. The molecule has 196 valence electrons. The molecule has 34 heavy (non-hydrogen) atoms. The Morgan fingerprint density at radius 1 is 1.03 bits per heavy atom. The number of esters is 1. The third-order valence-electron chi connectivity index (χ3n) is 4.73. The lowest BCUT2D eigenvalue weighted by Crippen LogP contribution is -2.48. The molecule has 0 aromatic carbocycles. The molecule has 0 rings (SSSR count). The molecule has 4 N–H and O–H groups in total. The van der Waals surface area contributed by atoms with Gasteiger partial charge in [-0.15, -0.1) is 6.58 Å². The van der Waals surface area contributed by atoms with Crippen LogP contribution in [0.25, 0.3) is 0 Å². The highest BCUT2D eigenvalue weighted by Gasteiger charge is 2.37. The number of allylic oxidation sites excluding steroid dienone is 1. The summed E-state index contributed by atoms with van der Waals surface area (Å²) in [5.74, 6) is -2.51.